The summed E-state index contributed by atoms with van der Waals surface area (Å²) in [5.74, 6) is 0.746. The summed E-state index contributed by atoms with van der Waals surface area (Å²) in [6, 6.07) is 0.138. The van der Waals surface area contributed by atoms with Crippen LogP contribution in [0.1, 0.15) is 33.6 Å². The van der Waals surface area contributed by atoms with Crippen molar-refractivity contribution in [2.75, 3.05) is 6.54 Å². The van der Waals surface area contributed by atoms with Gasteiger partial charge in [0.05, 0.1) is 0 Å². The van der Waals surface area contributed by atoms with Crippen molar-refractivity contribution < 1.29 is 4.79 Å². The molecule has 13 heavy (non-hydrogen) atoms. The van der Waals surface area contributed by atoms with Crippen molar-refractivity contribution in [3.63, 3.8) is 0 Å². The van der Waals surface area contributed by atoms with Gasteiger partial charge in [-0.05, 0) is 12.8 Å². The van der Waals surface area contributed by atoms with E-state index in [9.17, 15) is 4.79 Å². The van der Waals surface area contributed by atoms with Gasteiger partial charge in [0.1, 0.15) is 6.04 Å². The van der Waals surface area contributed by atoms with Gasteiger partial charge in [0.2, 0.25) is 5.91 Å². The molecule has 1 aliphatic heterocycles. The Labute approximate surface area is 80.3 Å². The largest absolute Gasteiger partial charge is 0.336 e. The van der Waals surface area contributed by atoms with E-state index in [1.807, 2.05) is 4.90 Å². The lowest BCUT2D eigenvalue weighted by molar-refractivity contribution is -0.146. The minimum atomic E-state index is -0.225. The summed E-state index contributed by atoms with van der Waals surface area (Å²) >= 11 is 0. The molecule has 76 valence electrons. The fourth-order valence-electron chi connectivity index (χ4n) is 2.07. The first-order valence-electron chi connectivity index (χ1n) is 5.17. The number of hydrogen-bond acceptors (Lipinski definition) is 2. The lowest BCUT2D eigenvalue weighted by Crippen LogP contribution is -2.64. The highest BCUT2D eigenvalue weighted by Gasteiger charge is 2.38. The molecule has 1 aliphatic rings. The molecule has 0 radical (unpaired) electrons. The van der Waals surface area contributed by atoms with Crippen molar-refractivity contribution in [2.45, 2.75) is 45.7 Å². The minimum Gasteiger partial charge on any atom is -0.336 e. The zero-order valence-corrected chi connectivity index (χ0v) is 8.79. The van der Waals surface area contributed by atoms with Crippen LogP contribution < -0.4 is 5.73 Å². The minimum absolute atomic E-state index is 0.124. The van der Waals surface area contributed by atoms with Crippen molar-refractivity contribution in [2.24, 2.45) is 11.7 Å². The van der Waals surface area contributed by atoms with Crippen molar-refractivity contribution in [1.82, 2.24) is 4.90 Å². The number of hydrogen-bond donors (Lipinski definition) is 1. The van der Waals surface area contributed by atoms with Gasteiger partial charge in [-0.3, -0.25) is 4.79 Å². The van der Waals surface area contributed by atoms with Gasteiger partial charge >= 0.3 is 0 Å². The van der Waals surface area contributed by atoms with Gasteiger partial charge in [0.15, 0.2) is 0 Å². The molecule has 0 aromatic carbocycles. The Balaban J connectivity index is 2.48. The molecule has 2 N–H and O–H groups in total. The van der Waals surface area contributed by atoms with Crippen LogP contribution in [-0.4, -0.2) is 29.4 Å². The van der Waals surface area contributed by atoms with Crippen LogP contribution in [0.25, 0.3) is 0 Å². The maximum absolute atomic E-state index is 11.3. The van der Waals surface area contributed by atoms with E-state index in [2.05, 4.69) is 20.8 Å². The molecule has 2 unspecified atom stereocenters. The molecule has 3 nitrogen and oxygen atoms in total. The first-order chi connectivity index (χ1) is 6.11. The Hall–Kier alpha value is -0.570. The SMILES string of the molecule is CCC(CC)C(C)N1CC(N)C1=O. The number of rotatable bonds is 4. The lowest BCUT2D eigenvalue weighted by Gasteiger charge is -2.43. The van der Waals surface area contributed by atoms with Gasteiger partial charge in [-0.1, -0.05) is 26.7 Å². The molecule has 3 heteroatoms. The molecule has 1 amide bonds. The number of nitrogens with zero attached hydrogens (tertiary/aromatic N) is 1. The monoisotopic (exact) mass is 184 g/mol. The van der Waals surface area contributed by atoms with Crippen molar-refractivity contribution in [1.29, 1.82) is 0 Å². The fourth-order valence-corrected chi connectivity index (χ4v) is 2.07. The normalized spacial score (nSPS) is 24.8. The quantitative estimate of drug-likeness (QED) is 0.662. The second kappa shape index (κ2) is 4.09. The van der Waals surface area contributed by atoms with Gasteiger partial charge in [-0.15, -0.1) is 0 Å². The molecule has 1 fully saturated rings. The Morgan fingerprint density at radius 3 is 2.38 bits per heavy atom. The lowest BCUT2D eigenvalue weighted by atomic mass is 9.91. The van der Waals surface area contributed by atoms with Crippen LogP contribution in [0.4, 0.5) is 0 Å². The Bertz CT molecular complexity index is 189. The van der Waals surface area contributed by atoms with Gasteiger partial charge in [-0.2, -0.15) is 0 Å². The molecular weight excluding hydrogens is 164 g/mol. The number of β-lactam (4-membered cyclic amide) rings is 1. The first-order valence-corrected chi connectivity index (χ1v) is 5.17. The van der Waals surface area contributed by atoms with E-state index in [1.165, 1.54) is 0 Å². The standard InChI is InChI=1S/C10H20N2O/c1-4-8(5-2)7(3)12-6-9(11)10(12)13/h7-9H,4-6,11H2,1-3H3. The maximum Gasteiger partial charge on any atom is 0.241 e. The highest BCUT2D eigenvalue weighted by Crippen LogP contribution is 2.22. The molecule has 0 aliphatic carbocycles. The summed E-state index contributed by atoms with van der Waals surface area (Å²) in [6.45, 7) is 7.22. The van der Waals surface area contributed by atoms with Crippen LogP contribution in [0.15, 0.2) is 0 Å². The third-order valence-corrected chi connectivity index (χ3v) is 3.22. The molecule has 0 bridgehead atoms. The highest BCUT2D eigenvalue weighted by molar-refractivity contribution is 5.87. The van der Waals surface area contributed by atoms with E-state index < -0.39 is 0 Å². The average molecular weight is 184 g/mol. The molecule has 0 aromatic heterocycles. The van der Waals surface area contributed by atoms with Crippen LogP contribution >= 0.6 is 0 Å². The maximum atomic E-state index is 11.3. The van der Waals surface area contributed by atoms with Gasteiger partial charge in [-0.25, -0.2) is 0 Å². The van der Waals surface area contributed by atoms with Crippen molar-refractivity contribution in [3.05, 3.63) is 0 Å². The van der Waals surface area contributed by atoms with E-state index >= 15 is 0 Å². The molecule has 0 saturated carbocycles. The summed E-state index contributed by atoms with van der Waals surface area (Å²) in [5.41, 5.74) is 5.54. The molecular formula is C10H20N2O. The predicted octanol–water partition coefficient (Wildman–Crippen LogP) is 0.981. The third kappa shape index (κ3) is 1.85. The predicted molar refractivity (Wildman–Crippen MR) is 53.2 cm³/mol. The average Bonchev–Trinajstić information content (AvgIpc) is 2.15. The zero-order valence-electron chi connectivity index (χ0n) is 8.79. The number of nitrogens with two attached hydrogens (primary N) is 1. The van der Waals surface area contributed by atoms with Crippen LogP contribution in [-0.2, 0) is 4.79 Å². The van der Waals surface area contributed by atoms with Crippen molar-refractivity contribution >= 4 is 5.91 Å². The second-order valence-corrected chi connectivity index (χ2v) is 3.91. The topological polar surface area (TPSA) is 46.3 Å². The van der Waals surface area contributed by atoms with Crippen LogP contribution in [0.5, 0.6) is 0 Å². The molecule has 0 spiro atoms. The van der Waals surface area contributed by atoms with E-state index in [-0.39, 0.29) is 11.9 Å². The van der Waals surface area contributed by atoms with Crippen LogP contribution in [0.2, 0.25) is 0 Å². The van der Waals surface area contributed by atoms with E-state index in [0.29, 0.717) is 12.0 Å². The van der Waals surface area contributed by atoms with Gasteiger partial charge in [0, 0.05) is 12.6 Å². The number of carbonyl (C=O) groups is 1. The van der Waals surface area contributed by atoms with E-state index in [0.717, 1.165) is 19.4 Å². The number of carbonyl (C=O) groups excluding carboxylic acids is 1. The summed E-state index contributed by atoms with van der Waals surface area (Å²) in [5, 5.41) is 0. The van der Waals surface area contributed by atoms with Gasteiger partial charge in [0.25, 0.3) is 0 Å². The first kappa shape index (κ1) is 10.5. The summed E-state index contributed by atoms with van der Waals surface area (Å²) in [4.78, 5) is 13.2. The Morgan fingerprint density at radius 2 is 2.08 bits per heavy atom. The van der Waals surface area contributed by atoms with Crippen LogP contribution in [0.3, 0.4) is 0 Å². The Kier molecular flexibility index (Phi) is 3.31. The van der Waals surface area contributed by atoms with E-state index in [4.69, 9.17) is 5.73 Å². The fraction of sp³-hybridized carbons (Fsp3) is 0.900. The number of amides is 1. The molecule has 0 aromatic rings. The summed E-state index contributed by atoms with van der Waals surface area (Å²) in [6.07, 6.45) is 2.27. The van der Waals surface area contributed by atoms with Crippen LogP contribution in [0, 0.1) is 5.92 Å². The molecule has 1 rings (SSSR count). The zero-order chi connectivity index (χ0) is 10.0. The second-order valence-electron chi connectivity index (χ2n) is 3.91. The summed E-state index contributed by atoms with van der Waals surface area (Å²) in [7, 11) is 0. The van der Waals surface area contributed by atoms with Crippen molar-refractivity contribution in [3.8, 4) is 0 Å². The molecule has 2 atom stereocenters. The highest BCUT2D eigenvalue weighted by atomic mass is 16.2. The molecule has 1 heterocycles. The van der Waals surface area contributed by atoms with Gasteiger partial charge < -0.3 is 10.6 Å². The smallest absolute Gasteiger partial charge is 0.241 e. The third-order valence-electron chi connectivity index (χ3n) is 3.22. The molecule has 1 saturated heterocycles. The Morgan fingerprint density at radius 1 is 1.54 bits per heavy atom. The summed E-state index contributed by atoms with van der Waals surface area (Å²) < 4.78 is 0. The number of likely N-dealkylation sites (tertiary alicyclic amines) is 1. The van der Waals surface area contributed by atoms with E-state index in [1.54, 1.807) is 0 Å².